The minimum Gasteiger partial charge on any atom is -0.267 e. The van der Waals surface area contributed by atoms with Gasteiger partial charge in [0.05, 0.1) is 16.6 Å². The minimum atomic E-state index is -0.150. The fraction of sp³-hybridized carbons (Fsp3) is 0. The number of fused-ring (bicyclic) bond motifs is 4. The minimum absolute atomic E-state index is 0.150. The van der Waals surface area contributed by atoms with E-state index in [1.54, 1.807) is 6.07 Å². The molecule has 0 aliphatic heterocycles. The van der Waals surface area contributed by atoms with E-state index in [4.69, 9.17) is 4.98 Å². The van der Waals surface area contributed by atoms with Gasteiger partial charge >= 0.3 is 0 Å². The zero-order valence-electron chi connectivity index (χ0n) is 13.3. The highest BCUT2D eigenvalue weighted by Gasteiger charge is 2.13. The molecule has 0 aliphatic carbocycles. The van der Waals surface area contributed by atoms with Crippen molar-refractivity contribution in [1.82, 2.24) is 14.6 Å². The van der Waals surface area contributed by atoms with Crippen LogP contribution in [-0.2, 0) is 0 Å². The van der Waals surface area contributed by atoms with Gasteiger partial charge in [0.1, 0.15) is 0 Å². The molecule has 0 saturated carbocycles. The zero-order chi connectivity index (χ0) is 16.8. The smallest absolute Gasteiger partial charge is 0.267 e. The van der Waals surface area contributed by atoms with Gasteiger partial charge in [0.2, 0.25) is 0 Å². The predicted molar refractivity (Wildman–Crippen MR) is 99.7 cm³/mol. The van der Waals surface area contributed by atoms with Crippen molar-refractivity contribution in [3.05, 3.63) is 89.2 Å². The number of nitrogens with zero attached hydrogens (tertiary/aromatic N) is 3. The molecule has 0 spiro atoms. The molecule has 5 aromatic rings. The normalized spacial score (nSPS) is 11.4. The second-order valence-corrected chi connectivity index (χ2v) is 5.93. The molecular formula is C21H13N3O. The van der Waals surface area contributed by atoms with E-state index in [-0.39, 0.29) is 5.56 Å². The van der Waals surface area contributed by atoms with Crippen molar-refractivity contribution in [3.8, 4) is 11.3 Å². The number of hydrogen-bond acceptors (Lipinski definition) is 3. The van der Waals surface area contributed by atoms with E-state index in [0.717, 1.165) is 22.0 Å². The third-order valence-electron chi connectivity index (χ3n) is 4.42. The van der Waals surface area contributed by atoms with E-state index in [9.17, 15) is 4.79 Å². The van der Waals surface area contributed by atoms with E-state index in [0.29, 0.717) is 16.6 Å². The van der Waals surface area contributed by atoms with Crippen molar-refractivity contribution < 1.29 is 0 Å². The first kappa shape index (κ1) is 13.9. The van der Waals surface area contributed by atoms with Crippen molar-refractivity contribution in [3.63, 3.8) is 0 Å². The maximum Gasteiger partial charge on any atom is 0.282 e. The molecule has 118 valence electrons. The first-order chi connectivity index (χ1) is 12.3. The highest BCUT2D eigenvalue weighted by Crippen LogP contribution is 2.28. The van der Waals surface area contributed by atoms with Crippen LogP contribution in [0.15, 0.2) is 83.7 Å². The Kier molecular flexibility index (Phi) is 2.91. The fourth-order valence-corrected chi connectivity index (χ4v) is 3.24. The highest BCUT2D eigenvalue weighted by atomic mass is 16.1. The quantitative estimate of drug-likeness (QED) is 0.345. The molecule has 4 heteroatoms. The van der Waals surface area contributed by atoms with Gasteiger partial charge < -0.3 is 0 Å². The Hall–Kier alpha value is -3.53. The molecule has 0 N–H and O–H groups in total. The summed E-state index contributed by atoms with van der Waals surface area (Å²) in [6.45, 7) is 0. The summed E-state index contributed by atoms with van der Waals surface area (Å²) in [5.74, 6) is 0. The molecule has 0 aliphatic rings. The molecule has 0 radical (unpaired) electrons. The van der Waals surface area contributed by atoms with Crippen LogP contribution in [0, 0.1) is 0 Å². The molecule has 4 nitrogen and oxygen atoms in total. The third-order valence-corrected chi connectivity index (χ3v) is 4.42. The summed E-state index contributed by atoms with van der Waals surface area (Å²) in [4.78, 5) is 17.7. The Morgan fingerprint density at radius 1 is 0.680 bits per heavy atom. The lowest BCUT2D eigenvalue weighted by Gasteiger charge is -2.10. The van der Waals surface area contributed by atoms with Gasteiger partial charge in [0.15, 0.2) is 5.65 Å². The van der Waals surface area contributed by atoms with Crippen LogP contribution in [0.3, 0.4) is 0 Å². The van der Waals surface area contributed by atoms with Crippen molar-refractivity contribution in [1.29, 1.82) is 0 Å². The lowest BCUT2D eigenvalue weighted by molar-refractivity contribution is 0.897. The summed E-state index contributed by atoms with van der Waals surface area (Å²) in [5, 5.41) is 7.13. The molecule has 0 bridgehead atoms. The third kappa shape index (κ3) is 2.04. The summed E-state index contributed by atoms with van der Waals surface area (Å²) < 4.78 is 1.42. The Labute approximate surface area is 143 Å². The van der Waals surface area contributed by atoms with Gasteiger partial charge in [-0.2, -0.15) is 9.61 Å². The molecule has 0 fully saturated rings. The number of rotatable bonds is 1. The monoisotopic (exact) mass is 323 g/mol. The summed E-state index contributed by atoms with van der Waals surface area (Å²) in [6.07, 6.45) is 0. The Morgan fingerprint density at radius 2 is 1.32 bits per heavy atom. The summed E-state index contributed by atoms with van der Waals surface area (Å²) in [7, 11) is 0. The Balaban J connectivity index is 2.04. The van der Waals surface area contributed by atoms with Crippen LogP contribution >= 0.6 is 0 Å². The van der Waals surface area contributed by atoms with Crippen LogP contribution in [0.25, 0.3) is 38.6 Å². The van der Waals surface area contributed by atoms with Crippen LogP contribution in [0.4, 0.5) is 0 Å². The number of aromatic nitrogens is 3. The average Bonchev–Trinajstić information content (AvgIpc) is 2.68. The van der Waals surface area contributed by atoms with Crippen molar-refractivity contribution >= 4 is 27.3 Å². The maximum absolute atomic E-state index is 13.0. The molecule has 0 saturated heterocycles. The molecule has 3 aromatic carbocycles. The van der Waals surface area contributed by atoms with E-state index < -0.39 is 0 Å². The van der Waals surface area contributed by atoms with Crippen LogP contribution < -0.4 is 5.56 Å². The maximum atomic E-state index is 13.0. The van der Waals surface area contributed by atoms with Gasteiger partial charge in [0, 0.05) is 16.3 Å². The standard InChI is InChI=1S/C21H13N3O/c25-21-17-12-6-7-13-18(17)22-20-16-11-5-4-10-15(16)19(23-24(20)21)14-8-2-1-3-9-14/h1-13H. The summed E-state index contributed by atoms with van der Waals surface area (Å²) in [6, 6.07) is 25.2. The Morgan fingerprint density at radius 3 is 2.12 bits per heavy atom. The number of benzene rings is 3. The predicted octanol–water partition coefficient (Wildman–Crippen LogP) is 4.06. The largest absolute Gasteiger partial charge is 0.282 e. The molecule has 0 amide bonds. The first-order valence-corrected chi connectivity index (χ1v) is 8.09. The van der Waals surface area contributed by atoms with Gasteiger partial charge in [-0.05, 0) is 12.1 Å². The van der Waals surface area contributed by atoms with Crippen LogP contribution in [0.2, 0.25) is 0 Å². The lowest BCUT2D eigenvalue weighted by atomic mass is 10.0. The van der Waals surface area contributed by atoms with Crippen molar-refractivity contribution in [2.75, 3.05) is 0 Å². The topological polar surface area (TPSA) is 47.3 Å². The van der Waals surface area contributed by atoms with E-state index >= 15 is 0 Å². The van der Waals surface area contributed by atoms with Crippen molar-refractivity contribution in [2.24, 2.45) is 0 Å². The molecular weight excluding hydrogens is 310 g/mol. The van der Waals surface area contributed by atoms with Crippen LogP contribution in [-0.4, -0.2) is 14.6 Å². The Bertz CT molecular complexity index is 1310. The molecule has 2 aromatic heterocycles. The second kappa shape index (κ2) is 5.24. The number of hydrogen-bond donors (Lipinski definition) is 0. The zero-order valence-corrected chi connectivity index (χ0v) is 13.3. The van der Waals surface area contributed by atoms with Gasteiger partial charge in [-0.1, -0.05) is 66.7 Å². The molecule has 25 heavy (non-hydrogen) atoms. The van der Waals surface area contributed by atoms with E-state index in [1.807, 2.05) is 72.8 Å². The summed E-state index contributed by atoms with van der Waals surface area (Å²) in [5.41, 5.74) is 2.87. The SMILES string of the molecule is O=c1c2ccccc2nc2c3ccccc3c(-c3ccccc3)nn12. The van der Waals surface area contributed by atoms with Crippen LogP contribution in [0.1, 0.15) is 0 Å². The van der Waals surface area contributed by atoms with E-state index in [2.05, 4.69) is 5.10 Å². The number of para-hydroxylation sites is 1. The van der Waals surface area contributed by atoms with Crippen molar-refractivity contribution in [2.45, 2.75) is 0 Å². The first-order valence-electron chi connectivity index (χ1n) is 8.09. The van der Waals surface area contributed by atoms with Gasteiger partial charge in [0.25, 0.3) is 5.56 Å². The van der Waals surface area contributed by atoms with E-state index in [1.165, 1.54) is 4.52 Å². The molecule has 0 unspecified atom stereocenters. The lowest BCUT2D eigenvalue weighted by Crippen LogP contribution is -2.18. The van der Waals surface area contributed by atoms with Gasteiger partial charge in [-0.3, -0.25) is 4.79 Å². The molecule has 2 heterocycles. The van der Waals surface area contributed by atoms with Gasteiger partial charge in [-0.25, -0.2) is 4.98 Å². The fourth-order valence-electron chi connectivity index (χ4n) is 3.24. The highest BCUT2D eigenvalue weighted by molar-refractivity contribution is 6.02. The van der Waals surface area contributed by atoms with Crippen LogP contribution in [0.5, 0.6) is 0 Å². The second-order valence-electron chi connectivity index (χ2n) is 5.93. The van der Waals surface area contributed by atoms with Gasteiger partial charge in [-0.15, -0.1) is 0 Å². The average molecular weight is 323 g/mol. The molecule has 5 rings (SSSR count). The molecule has 0 atom stereocenters. The summed E-state index contributed by atoms with van der Waals surface area (Å²) >= 11 is 0.